The quantitative estimate of drug-likeness (QED) is 0.586. The molecule has 0 N–H and O–H groups in total. The first-order chi connectivity index (χ1) is 11.9. The lowest BCUT2D eigenvalue weighted by Crippen LogP contribution is -2.34. The first kappa shape index (κ1) is 18.0. The molecule has 2 aromatic rings. The molecule has 0 aliphatic carbocycles. The number of hydrogen-bond donors (Lipinski definition) is 0. The van der Waals surface area contributed by atoms with E-state index in [9.17, 15) is 18.5 Å². The van der Waals surface area contributed by atoms with Crippen LogP contribution in [0.3, 0.4) is 0 Å². The van der Waals surface area contributed by atoms with Crippen molar-refractivity contribution in [2.24, 2.45) is 0 Å². The predicted molar refractivity (Wildman–Crippen MR) is 97.3 cm³/mol. The minimum absolute atomic E-state index is 0.0121. The third-order valence-electron chi connectivity index (χ3n) is 4.43. The van der Waals surface area contributed by atoms with Gasteiger partial charge in [0, 0.05) is 28.4 Å². The Kier molecular flexibility index (Phi) is 5.21. The molecule has 3 rings (SSSR count). The fraction of sp³-hybridized carbons (Fsp3) is 0.412. The van der Waals surface area contributed by atoms with Gasteiger partial charge in [-0.1, -0.05) is 18.9 Å². The van der Waals surface area contributed by atoms with Gasteiger partial charge < -0.3 is 0 Å². The fourth-order valence-electron chi connectivity index (χ4n) is 3.18. The van der Waals surface area contributed by atoms with Gasteiger partial charge in [-0.05, 0) is 38.0 Å². The molecule has 1 fully saturated rings. The summed E-state index contributed by atoms with van der Waals surface area (Å²) in [7, 11) is -3.79. The molecule has 0 bridgehead atoms. The van der Waals surface area contributed by atoms with Gasteiger partial charge in [0.1, 0.15) is 0 Å². The van der Waals surface area contributed by atoms with Gasteiger partial charge >= 0.3 is 0 Å². The molecule has 1 aliphatic rings. The average Bonchev–Trinajstić information content (AvgIpc) is 2.86. The molecule has 2 heterocycles. The molecular weight excluding hydrogens is 360 g/mol. The summed E-state index contributed by atoms with van der Waals surface area (Å²) in [5.74, 6) is 0. The second-order valence-corrected chi connectivity index (χ2v) is 9.39. The van der Waals surface area contributed by atoms with Gasteiger partial charge in [0.25, 0.3) is 5.69 Å². The lowest BCUT2D eigenvalue weighted by molar-refractivity contribution is -0.385. The highest BCUT2D eigenvalue weighted by molar-refractivity contribution is 7.89. The Hall–Kier alpha value is -1.77. The van der Waals surface area contributed by atoms with Gasteiger partial charge in [-0.2, -0.15) is 4.31 Å². The zero-order chi connectivity index (χ0) is 18.0. The zero-order valence-electron chi connectivity index (χ0n) is 13.9. The number of nitrogens with zero attached hydrogens (tertiary/aromatic N) is 2. The largest absolute Gasteiger partial charge is 0.270 e. The van der Waals surface area contributed by atoms with Crippen molar-refractivity contribution in [1.82, 2.24) is 4.31 Å². The number of nitro groups is 1. The van der Waals surface area contributed by atoms with E-state index in [4.69, 9.17) is 0 Å². The molecule has 134 valence electrons. The smallest absolute Gasteiger partial charge is 0.258 e. The molecule has 0 saturated carbocycles. The van der Waals surface area contributed by atoms with E-state index >= 15 is 0 Å². The highest BCUT2D eigenvalue weighted by Gasteiger charge is 2.34. The molecule has 1 aromatic carbocycles. The second kappa shape index (κ2) is 7.23. The van der Waals surface area contributed by atoms with Crippen LogP contribution in [0.1, 0.15) is 41.5 Å². The number of thiophene rings is 1. The van der Waals surface area contributed by atoms with Gasteiger partial charge in [-0.3, -0.25) is 10.1 Å². The Labute approximate surface area is 151 Å². The lowest BCUT2D eigenvalue weighted by atomic mass is 10.1. The molecular formula is C17H20N2O4S2. The number of nitro benzene ring substituents is 1. The molecule has 1 aliphatic heterocycles. The van der Waals surface area contributed by atoms with E-state index < -0.39 is 14.9 Å². The molecule has 0 radical (unpaired) electrons. The summed E-state index contributed by atoms with van der Waals surface area (Å²) in [6.45, 7) is 2.44. The maximum atomic E-state index is 13.2. The van der Waals surface area contributed by atoms with Crippen LogP contribution in [-0.2, 0) is 10.0 Å². The Balaban J connectivity index is 2.03. The average molecular weight is 380 g/mol. The van der Waals surface area contributed by atoms with Crippen molar-refractivity contribution >= 4 is 27.0 Å². The van der Waals surface area contributed by atoms with Gasteiger partial charge in [0.15, 0.2) is 0 Å². The normalized spacial score (nSPS) is 19.5. The van der Waals surface area contributed by atoms with E-state index in [-0.39, 0.29) is 16.6 Å². The number of non-ortho nitro benzene ring substituents is 1. The van der Waals surface area contributed by atoms with Crippen molar-refractivity contribution in [3.05, 3.63) is 56.3 Å². The summed E-state index contributed by atoms with van der Waals surface area (Å²) in [5.41, 5.74) is -0.209. The van der Waals surface area contributed by atoms with Gasteiger partial charge in [-0.25, -0.2) is 8.42 Å². The van der Waals surface area contributed by atoms with Crippen molar-refractivity contribution in [2.75, 3.05) is 6.54 Å². The van der Waals surface area contributed by atoms with Crippen LogP contribution < -0.4 is 0 Å². The van der Waals surface area contributed by atoms with Crippen LogP contribution in [0.5, 0.6) is 0 Å². The van der Waals surface area contributed by atoms with Crippen LogP contribution >= 0.6 is 11.3 Å². The van der Waals surface area contributed by atoms with Crippen LogP contribution in [-0.4, -0.2) is 24.2 Å². The van der Waals surface area contributed by atoms with Crippen LogP contribution in [0, 0.1) is 17.0 Å². The number of benzene rings is 1. The topological polar surface area (TPSA) is 80.5 Å². The summed E-state index contributed by atoms with van der Waals surface area (Å²) in [5, 5.41) is 11.0. The Morgan fingerprint density at radius 1 is 1.20 bits per heavy atom. The first-order valence-corrected chi connectivity index (χ1v) is 10.5. The third-order valence-corrected chi connectivity index (χ3v) is 7.43. The van der Waals surface area contributed by atoms with Gasteiger partial charge in [0.05, 0.1) is 15.9 Å². The zero-order valence-corrected chi connectivity index (χ0v) is 15.6. The first-order valence-electron chi connectivity index (χ1n) is 8.22. The molecule has 8 heteroatoms. The van der Waals surface area contributed by atoms with Gasteiger partial charge in [0.2, 0.25) is 10.0 Å². The maximum Gasteiger partial charge on any atom is 0.270 e. The molecule has 1 atom stereocenters. The Bertz CT molecular complexity index is 876. The van der Waals surface area contributed by atoms with Crippen LogP contribution in [0.2, 0.25) is 0 Å². The molecule has 0 unspecified atom stereocenters. The molecule has 6 nitrogen and oxygen atoms in total. The number of sulfonamides is 1. The van der Waals surface area contributed by atoms with Crippen LogP contribution in [0.4, 0.5) is 5.69 Å². The van der Waals surface area contributed by atoms with Crippen molar-refractivity contribution in [3.8, 4) is 0 Å². The number of aryl methyl sites for hydroxylation is 1. The van der Waals surface area contributed by atoms with Crippen molar-refractivity contribution in [1.29, 1.82) is 0 Å². The Morgan fingerprint density at radius 3 is 2.68 bits per heavy atom. The standard InChI is InChI=1S/C17H20N2O4S2/c1-13-9-10-17(24-13)16-8-3-2-4-11-18(16)25(22,23)15-7-5-6-14(12-15)19(20)21/h5-7,9-10,12,16H,2-4,8,11H2,1H3/t16-/m1/s1. The molecule has 0 amide bonds. The van der Waals surface area contributed by atoms with E-state index in [2.05, 4.69) is 0 Å². The van der Waals surface area contributed by atoms with E-state index in [0.29, 0.717) is 6.54 Å². The molecule has 1 aromatic heterocycles. The molecule has 0 spiro atoms. The minimum Gasteiger partial charge on any atom is -0.258 e. The minimum atomic E-state index is -3.79. The van der Waals surface area contributed by atoms with Crippen molar-refractivity contribution in [3.63, 3.8) is 0 Å². The number of rotatable bonds is 4. The van der Waals surface area contributed by atoms with E-state index in [1.807, 2.05) is 19.1 Å². The van der Waals surface area contributed by atoms with Gasteiger partial charge in [-0.15, -0.1) is 11.3 Å². The number of hydrogen-bond acceptors (Lipinski definition) is 5. The Morgan fingerprint density at radius 2 is 2.00 bits per heavy atom. The highest BCUT2D eigenvalue weighted by atomic mass is 32.2. The summed E-state index contributed by atoms with van der Waals surface area (Å²) in [6, 6.07) is 9.11. The molecule has 1 saturated heterocycles. The summed E-state index contributed by atoms with van der Waals surface area (Å²) in [6.07, 6.45) is 3.54. The van der Waals surface area contributed by atoms with Crippen molar-refractivity contribution in [2.45, 2.75) is 43.5 Å². The lowest BCUT2D eigenvalue weighted by Gasteiger charge is -2.28. The summed E-state index contributed by atoms with van der Waals surface area (Å²) >= 11 is 1.61. The van der Waals surface area contributed by atoms with E-state index in [0.717, 1.165) is 41.5 Å². The van der Waals surface area contributed by atoms with Crippen molar-refractivity contribution < 1.29 is 13.3 Å². The predicted octanol–water partition coefficient (Wildman–Crippen LogP) is 4.27. The van der Waals surface area contributed by atoms with Crippen LogP contribution in [0.15, 0.2) is 41.3 Å². The van der Waals surface area contributed by atoms with E-state index in [1.54, 1.807) is 11.3 Å². The third kappa shape index (κ3) is 3.75. The second-order valence-electron chi connectivity index (χ2n) is 6.18. The highest BCUT2D eigenvalue weighted by Crippen LogP contribution is 2.38. The SMILES string of the molecule is Cc1ccc([C@H]2CCCCCN2S(=O)(=O)c2cccc([N+](=O)[O-])c2)s1. The molecule has 25 heavy (non-hydrogen) atoms. The monoisotopic (exact) mass is 380 g/mol. The summed E-state index contributed by atoms with van der Waals surface area (Å²) < 4.78 is 28.0. The van der Waals surface area contributed by atoms with Crippen LogP contribution in [0.25, 0.3) is 0 Å². The summed E-state index contributed by atoms with van der Waals surface area (Å²) in [4.78, 5) is 12.6. The van der Waals surface area contributed by atoms with E-state index in [1.165, 1.54) is 22.5 Å². The fourth-order valence-corrected chi connectivity index (χ4v) is 5.99. The maximum absolute atomic E-state index is 13.2.